The Morgan fingerprint density at radius 1 is 1.15 bits per heavy atom. The molecule has 2 aromatic carbocycles. The van der Waals surface area contributed by atoms with Gasteiger partial charge >= 0.3 is 0 Å². The van der Waals surface area contributed by atoms with Gasteiger partial charge in [0.2, 0.25) is 0 Å². The fraction of sp³-hybridized carbons (Fsp3) is 0.0952. The van der Waals surface area contributed by atoms with Crippen LogP contribution in [0, 0.1) is 6.92 Å². The smallest absolute Gasteiger partial charge is 0.265 e. The van der Waals surface area contributed by atoms with E-state index in [2.05, 4.69) is 28.1 Å². The molecule has 2 aromatic heterocycles. The van der Waals surface area contributed by atoms with Crippen LogP contribution in [0.5, 0.6) is 5.75 Å². The number of carbonyl (C=O) groups excluding carboxylic acids is 1. The van der Waals surface area contributed by atoms with Crippen LogP contribution in [0.15, 0.2) is 60.8 Å². The first-order valence-corrected chi connectivity index (χ1v) is 9.58. The fourth-order valence-electron chi connectivity index (χ4n) is 2.97. The maximum atomic E-state index is 12.7. The summed E-state index contributed by atoms with van der Waals surface area (Å²) in [7, 11) is 1.55. The number of methoxy groups -OCH3 is 1. The Morgan fingerprint density at radius 3 is 2.78 bits per heavy atom. The zero-order valence-corrected chi connectivity index (χ0v) is 16.4. The molecule has 0 spiro atoms. The highest BCUT2D eigenvalue weighted by Gasteiger charge is 2.15. The number of ether oxygens (including phenoxy) is 1. The Bertz CT molecular complexity index is 1150. The van der Waals surface area contributed by atoms with Crippen LogP contribution in [0.2, 0.25) is 5.02 Å². The van der Waals surface area contributed by atoms with Crippen molar-refractivity contribution in [1.29, 1.82) is 0 Å². The molecule has 0 aliphatic carbocycles. The van der Waals surface area contributed by atoms with Crippen LogP contribution in [0.3, 0.4) is 0 Å². The number of benzene rings is 2. The van der Waals surface area contributed by atoms with Crippen LogP contribution in [-0.2, 0) is 0 Å². The Morgan fingerprint density at radius 2 is 1.96 bits per heavy atom. The molecule has 4 aromatic rings. The molecule has 4 rings (SSSR count). The van der Waals surface area contributed by atoms with Gasteiger partial charge in [-0.1, -0.05) is 29.8 Å². The number of para-hydroxylation sites is 1. The lowest BCUT2D eigenvalue weighted by atomic mass is 10.2. The predicted octanol–water partition coefficient (Wildman–Crippen LogP) is 5.91. The maximum absolute atomic E-state index is 12.7. The third kappa shape index (κ3) is 3.31. The zero-order chi connectivity index (χ0) is 19.0. The maximum Gasteiger partial charge on any atom is 0.265 e. The van der Waals surface area contributed by atoms with Gasteiger partial charge in [-0.05, 0) is 48.2 Å². The van der Waals surface area contributed by atoms with Crippen LogP contribution < -0.4 is 10.1 Å². The molecular formula is C21H17ClN2O2S. The number of amides is 1. The minimum absolute atomic E-state index is 0.178. The molecule has 0 atom stereocenters. The van der Waals surface area contributed by atoms with Crippen molar-refractivity contribution in [2.24, 2.45) is 0 Å². The number of thiophene rings is 1. The summed E-state index contributed by atoms with van der Waals surface area (Å²) in [5.41, 5.74) is 2.59. The number of fused-ring (bicyclic) bond motifs is 1. The topological polar surface area (TPSA) is 43.3 Å². The van der Waals surface area contributed by atoms with Gasteiger partial charge in [0.15, 0.2) is 0 Å². The summed E-state index contributed by atoms with van der Waals surface area (Å²) >= 11 is 7.57. The molecule has 0 unspecified atom stereocenters. The number of aromatic nitrogens is 1. The fourth-order valence-corrected chi connectivity index (χ4v) is 4.02. The summed E-state index contributed by atoms with van der Waals surface area (Å²) < 4.78 is 7.42. The molecule has 0 fully saturated rings. The lowest BCUT2D eigenvalue weighted by Crippen LogP contribution is -2.11. The number of carbonyl (C=O) groups is 1. The molecule has 136 valence electrons. The quantitative estimate of drug-likeness (QED) is 0.465. The minimum Gasteiger partial charge on any atom is -0.495 e. The molecule has 4 nitrogen and oxygen atoms in total. The number of hydrogen-bond donors (Lipinski definition) is 1. The van der Waals surface area contributed by atoms with E-state index >= 15 is 0 Å². The molecule has 27 heavy (non-hydrogen) atoms. The third-order valence-electron chi connectivity index (χ3n) is 4.38. The van der Waals surface area contributed by atoms with Crippen LogP contribution >= 0.6 is 22.9 Å². The number of nitrogens with one attached hydrogen (secondary N) is 1. The molecule has 0 saturated carbocycles. The van der Waals surface area contributed by atoms with Crippen molar-refractivity contribution >= 4 is 45.4 Å². The molecule has 2 heterocycles. The van der Waals surface area contributed by atoms with Crippen LogP contribution in [-0.4, -0.2) is 17.6 Å². The summed E-state index contributed by atoms with van der Waals surface area (Å²) in [6, 6.07) is 17.5. The van der Waals surface area contributed by atoms with Gasteiger partial charge in [0.1, 0.15) is 10.8 Å². The van der Waals surface area contributed by atoms with Crippen LogP contribution in [0.4, 0.5) is 5.69 Å². The minimum atomic E-state index is -0.178. The molecule has 0 aliphatic rings. The Hall–Kier alpha value is -2.76. The number of halogens is 1. The summed E-state index contributed by atoms with van der Waals surface area (Å²) in [6.45, 7) is 1.89. The zero-order valence-electron chi connectivity index (χ0n) is 14.8. The number of hydrogen-bond acceptors (Lipinski definition) is 3. The lowest BCUT2D eigenvalue weighted by molar-refractivity contribution is 0.103. The van der Waals surface area contributed by atoms with E-state index < -0.39 is 0 Å². The van der Waals surface area contributed by atoms with Crippen molar-refractivity contribution in [2.45, 2.75) is 6.92 Å². The molecule has 1 amide bonds. The monoisotopic (exact) mass is 396 g/mol. The molecule has 0 saturated heterocycles. The van der Waals surface area contributed by atoms with Gasteiger partial charge in [-0.15, -0.1) is 11.3 Å². The SMILES string of the molecule is COc1cc(Cl)c(C)cc1NC(=O)c1ccc(-n2ccc3ccccc32)s1. The Balaban J connectivity index is 1.62. The molecule has 1 N–H and O–H groups in total. The van der Waals surface area contributed by atoms with Gasteiger partial charge in [-0.2, -0.15) is 0 Å². The summed E-state index contributed by atoms with van der Waals surface area (Å²) in [6.07, 6.45) is 2.02. The van der Waals surface area contributed by atoms with Crippen molar-refractivity contribution in [1.82, 2.24) is 4.57 Å². The van der Waals surface area contributed by atoms with Gasteiger partial charge in [-0.25, -0.2) is 0 Å². The first-order chi connectivity index (χ1) is 13.1. The van der Waals surface area contributed by atoms with Crippen molar-refractivity contribution < 1.29 is 9.53 Å². The van der Waals surface area contributed by atoms with E-state index in [1.807, 2.05) is 43.5 Å². The van der Waals surface area contributed by atoms with Crippen LogP contribution in [0.25, 0.3) is 15.9 Å². The third-order valence-corrected chi connectivity index (χ3v) is 5.87. The highest BCUT2D eigenvalue weighted by atomic mass is 35.5. The average Bonchev–Trinajstić information content (AvgIpc) is 3.31. The predicted molar refractivity (Wildman–Crippen MR) is 112 cm³/mol. The van der Waals surface area contributed by atoms with Gasteiger partial charge in [0, 0.05) is 17.3 Å². The average molecular weight is 397 g/mol. The largest absolute Gasteiger partial charge is 0.495 e. The van der Waals surface area contributed by atoms with E-state index in [0.29, 0.717) is 21.3 Å². The van der Waals surface area contributed by atoms with Gasteiger partial charge in [0.05, 0.1) is 23.2 Å². The molecular weight excluding hydrogens is 380 g/mol. The van der Waals surface area contributed by atoms with E-state index in [9.17, 15) is 4.79 Å². The van der Waals surface area contributed by atoms with E-state index in [-0.39, 0.29) is 5.91 Å². The molecule has 0 radical (unpaired) electrons. The first kappa shape index (κ1) is 17.6. The highest BCUT2D eigenvalue weighted by Crippen LogP contribution is 2.32. The number of rotatable bonds is 4. The molecule has 0 aliphatic heterocycles. The lowest BCUT2D eigenvalue weighted by Gasteiger charge is -2.11. The van der Waals surface area contributed by atoms with Crippen molar-refractivity contribution in [2.75, 3.05) is 12.4 Å². The Labute approximate surface area is 166 Å². The van der Waals surface area contributed by atoms with E-state index in [1.54, 1.807) is 13.2 Å². The Kier molecular flexibility index (Phi) is 4.64. The van der Waals surface area contributed by atoms with E-state index in [4.69, 9.17) is 16.3 Å². The first-order valence-electron chi connectivity index (χ1n) is 8.38. The second kappa shape index (κ2) is 7.10. The summed E-state index contributed by atoms with van der Waals surface area (Å²) in [4.78, 5) is 13.3. The number of aryl methyl sites for hydroxylation is 1. The molecule has 0 bridgehead atoms. The standard InChI is InChI=1S/C21H17ClN2O2S/c1-13-11-16(18(26-2)12-15(13)22)23-21(25)19-7-8-20(27-19)24-10-9-14-5-3-4-6-17(14)24/h3-12H,1-2H3,(H,23,25). The highest BCUT2D eigenvalue weighted by molar-refractivity contribution is 7.16. The van der Waals surface area contributed by atoms with Crippen molar-refractivity contribution in [3.63, 3.8) is 0 Å². The summed E-state index contributed by atoms with van der Waals surface area (Å²) in [5.74, 6) is 0.356. The normalized spacial score (nSPS) is 10.9. The van der Waals surface area contributed by atoms with E-state index in [0.717, 1.165) is 16.1 Å². The van der Waals surface area contributed by atoms with Crippen LogP contribution in [0.1, 0.15) is 15.2 Å². The van der Waals surface area contributed by atoms with E-state index in [1.165, 1.54) is 16.7 Å². The number of anilines is 1. The second-order valence-corrected chi connectivity index (χ2v) is 7.61. The second-order valence-electron chi connectivity index (χ2n) is 6.14. The van der Waals surface area contributed by atoms with Gasteiger partial charge in [-0.3, -0.25) is 4.79 Å². The van der Waals surface area contributed by atoms with Gasteiger partial charge in [0.25, 0.3) is 5.91 Å². The molecule has 6 heteroatoms. The van der Waals surface area contributed by atoms with Crippen molar-refractivity contribution in [3.05, 3.63) is 76.3 Å². The summed E-state index contributed by atoms with van der Waals surface area (Å²) in [5, 5.41) is 5.67. The van der Waals surface area contributed by atoms with Gasteiger partial charge < -0.3 is 14.6 Å². The number of nitrogens with zero attached hydrogens (tertiary/aromatic N) is 1. The van der Waals surface area contributed by atoms with Crippen molar-refractivity contribution in [3.8, 4) is 10.8 Å².